The largest absolute Gasteiger partial charge is 0.452 e. The van der Waals surface area contributed by atoms with Crippen molar-refractivity contribution < 1.29 is 27.1 Å². The van der Waals surface area contributed by atoms with Crippen LogP contribution in [0.5, 0.6) is 0 Å². The van der Waals surface area contributed by atoms with Gasteiger partial charge in [-0.05, 0) is 54.8 Å². The lowest BCUT2D eigenvalue weighted by Crippen LogP contribution is -2.28. The van der Waals surface area contributed by atoms with E-state index in [1.807, 2.05) is 0 Å². The predicted molar refractivity (Wildman–Crippen MR) is 105 cm³/mol. The van der Waals surface area contributed by atoms with E-state index in [0.717, 1.165) is 0 Å². The Morgan fingerprint density at radius 1 is 1.17 bits per heavy atom. The first kappa shape index (κ1) is 20.8. The fraction of sp³-hybridized carbons (Fsp3) is 0.300. The average molecular weight is 420 g/mol. The Kier molecular flexibility index (Phi) is 6.17. The lowest BCUT2D eigenvalue weighted by Gasteiger charge is -2.16. The van der Waals surface area contributed by atoms with Gasteiger partial charge < -0.3 is 10.1 Å². The Morgan fingerprint density at radius 2 is 1.90 bits per heavy atom. The second-order valence-corrected chi connectivity index (χ2v) is 8.74. The summed E-state index contributed by atoms with van der Waals surface area (Å²) in [4.78, 5) is 23.9. The van der Waals surface area contributed by atoms with Crippen LogP contribution in [0.1, 0.15) is 27.9 Å². The second-order valence-electron chi connectivity index (χ2n) is 6.72. The summed E-state index contributed by atoms with van der Waals surface area (Å²) in [5.41, 5.74) is 1.81. The fourth-order valence-electron chi connectivity index (χ4n) is 2.91. The summed E-state index contributed by atoms with van der Waals surface area (Å²) in [7, 11) is -3.29. The molecule has 1 saturated heterocycles. The number of esters is 1. The second kappa shape index (κ2) is 8.60. The Bertz CT molecular complexity index is 1020. The van der Waals surface area contributed by atoms with Gasteiger partial charge in [-0.2, -0.15) is 0 Å². The molecule has 1 aliphatic rings. The summed E-state index contributed by atoms with van der Waals surface area (Å²) in [6.45, 7) is 1.70. The molecule has 1 heterocycles. The number of benzene rings is 2. The Hall–Kier alpha value is -2.94. The molecule has 9 heteroatoms. The van der Waals surface area contributed by atoms with Gasteiger partial charge in [0.2, 0.25) is 10.0 Å². The molecule has 7 nitrogen and oxygen atoms in total. The Morgan fingerprint density at radius 3 is 2.52 bits per heavy atom. The lowest BCUT2D eigenvalue weighted by atomic mass is 10.1. The number of halogens is 1. The van der Waals surface area contributed by atoms with Crippen LogP contribution >= 0.6 is 0 Å². The number of anilines is 1. The van der Waals surface area contributed by atoms with Crippen LogP contribution in [0.4, 0.5) is 10.1 Å². The van der Waals surface area contributed by atoms with E-state index in [4.69, 9.17) is 4.74 Å². The molecule has 1 aliphatic heterocycles. The summed E-state index contributed by atoms with van der Waals surface area (Å²) in [6, 6.07) is 10.6. The minimum atomic E-state index is -3.29. The van der Waals surface area contributed by atoms with Crippen LogP contribution in [-0.4, -0.2) is 39.2 Å². The minimum Gasteiger partial charge on any atom is -0.452 e. The molecule has 0 radical (unpaired) electrons. The molecule has 0 spiro atoms. The van der Waals surface area contributed by atoms with Gasteiger partial charge in [-0.1, -0.05) is 12.1 Å². The number of rotatable bonds is 6. The number of hydrogen-bond acceptors (Lipinski definition) is 5. The number of ether oxygens (including phenoxy) is 1. The maximum absolute atomic E-state index is 13.5. The van der Waals surface area contributed by atoms with Crippen molar-refractivity contribution in [1.82, 2.24) is 5.32 Å². The van der Waals surface area contributed by atoms with Crippen molar-refractivity contribution in [2.24, 2.45) is 0 Å². The molecule has 2 aromatic carbocycles. The zero-order valence-electron chi connectivity index (χ0n) is 15.9. The van der Waals surface area contributed by atoms with Gasteiger partial charge in [0.25, 0.3) is 5.91 Å². The third kappa shape index (κ3) is 5.11. The Labute approximate surface area is 168 Å². The van der Waals surface area contributed by atoms with Crippen molar-refractivity contribution in [2.45, 2.75) is 19.9 Å². The lowest BCUT2D eigenvalue weighted by molar-refractivity contribution is -0.124. The SMILES string of the molecule is Cc1ccc(CNC(=O)COC(=O)c2ccc(N3CCCS3(=O)=O)cc2)cc1F. The zero-order chi connectivity index (χ0) is 21.0. The highest BCUT2D eigenvalue weighted by atomic mass is 32.2. The molecule has 0 unspecified atom stereocenters. The number of nitrogens with zero attached hydrogens (tertiary/aromatic N) is 1. The number of amides is 1. The molecule has 1 amide bonds. The highest BCUT2D eigenvalue weighted by Gasteiger charge is 2.28. The summed E-state index contributed by atoms with van der Waals surface area (Å²) in [5, 5.41) is 2.55. The number of sulfonamides is 1. The van der Waals surface area contributed by atoms with Gasteiger partial charge in [0.05, 0.1) is 17.0 Å². The molecule has 0 atom stereocenters. The molecule has 154 valence electrons. The number of carbonyl (C=O) groups is 2. The first-order valence-electron chi connectivity index (χ1n) is 9.05. The van der Waals surface area contributed by atoms with Gasteiger partial charge >= 0.3 is 5.97 Å². The van der Waals surface area contributed by atoms with E-state index in [2.05, 4.69) is 5.32 Å². The van der Waals surface area contributed by atoms with Crippen LogP contribution in [0.3, 0.4) is 0 Å². The number of hydrogen-bond donors (Lipinski definition) is 1. The van der Waals surface area contributed by atoms with Crippen LogP contribution in [-0.2, 0) is 26.1 Å². The fourth-order valence-corrected chi connectivity index (χ4v) is 4.47. The molecule has 0 aliphatic carbocycles. The molecule has 0 bridgehead atoms. The van der Waals surface area contributed by atoms with Gasteiger partial charge in [-0.3, -0.25) is 9.10 Å². The molecule has 29 heavy (non-hydrogen) atoms. The van der Waals surface area contributed by atoms with Crippen LogP contribution in [0.15, 0.2) is 42.5 Å². The van der Waals surface area contributed by atoms with E-state index in [1.165, 1.54) is 34.6 Å². The number of carbonyl (C=O) groups excluding carboxylic acids is 2. The van der Waals surface area contributed by atoms with Crippen molar-refractivity contribution in [3.63, 3.8) is 0 Å². The molecule has 3 rings (SSSR count). The topological polar surface area (TPSA) is 92.8 Å². The van der Waals surface area contributed by atoms with Crippen LogP contribution in [0.25, 0.3) is 0 Å². The van der Waals surface area contributed by atoms with Gasteiger partial charge in [0.15, 0.2) is 6.61 Å². The first-order chi connectivity index (χ1) is 13.8. The monoisotopic (exact) mass is 420 g/mol. The molecular formula is C20H21FN2O5S. The molecule has 0 aromatic heterocycles. The maximum Gasteiger partial charge on any atom is 0.338 e. The standard InChI is InChI=1S/C20H21FN2O5S/c1-14-3-4-15(11-18(14)21)12-22-19(24)13-28-20(25)16-5-7-17(8-6-16)23-9-2-10-29(23,26)27/h3-8,11H,2,9-10,12-13H2,1H3,(H,22,24). The van der Waals surface area contributed by atoms with Crippen molar-refractivity contribution >= 4 is 27.6 Å². The van der Waals surface area contributed by atoms with E-state index >= 15 is 0 Å². The minimum absolute atomic E-state index is 0.112. The number of nitrogens with one attached hydrogen (secondary N) is 1. The smallest absolute Gasteiger partial charge is 0.338 e. The van der Waals surface area contributed by atoms with Crippen LogP contribution in [0.2, 0.25) is 0 Å². The van der Waals surface area contributed by atoms with E-state index in [-0.39, 0.29) is 23.7 Å². The molecular weight excluding hydrogens is 399 g/mol. The Balaban J connectivity index is 1.49. The highest BCUT2D eigenvalue weighted by Crippen LogP contribution is 2.24. The van der Waals surface area contributed by atoms with Crippen LogP contribution in [0, 0.1) is 12.7 Å². The van der Waals surface area contributed by atoms with Crippen molar-refractivity contribution in [2.75, 3.05) is 23.2 Å². The van der Waals surface area contributed by atoms with Gasteiger partial charge in [-0.25, -0.2) is 17.6 Å². The summed E-state index contributed by atoms with van der Waals surface area (Å²) in [5.74, 6) is -1.45. The van der Waals surface area contributed by atoms with E-state index in [0.29, 0.717) is 29.8 Å². The van der Waals surface area contributed by atoms with Crippen LogP contribution < -0.4 is 9.62 Å². The quantitative estimate of drug-likeness (QED) is 0.723. The first-order valence-corrected chi connectivity index (χ1v) is 10.7. The van der Waals surface area contributed by atoms with Gasteiger partial charge in [-0.15, -0.1) is 0 Å². The zero-order valence-corrected chi connectivity index (χ0v) is 16.7. The maximum atomic E-state index is 13.5. The van der Waals surface area contributed by atoms with Crippen molar-refractivity contribution in [1.29, 1.82) is 0 Å². The molecule has 1 N–H and O–H groups in total. The highest BCUT2D eigenvalue weighted by molar-refractivity contribution is 7.93. The third-order valence-electron chi connectivity index (χ3n) is 4.55. The van der Waals surface area contributed by atoms with Gasteiger partial charge in [0.1, 0.15) is 5.82 Å². The van der Waals surface area contributed by atoms with E-state index in [1.54, 1.807) is 19.1 Å². The summed E-state index contributed by atoms with van der Waals surface area (Å²) < 4.78 is 43.6. The van der Waals surface area contributed by atoms with E-state index < -0.39 is 28.5 Å². The summed E-state index contributed by atoms with van der Waals surface area (Å²) in [6.07, 6.45) is 0.566. The number of aryl methyl sites for hydroxylation is 1. The third-order valence-corrected chi connectivity index (χ3v) is 6.42. The van der Waals surface area contributed by atoms with Crippen molar-refractivity contribution in [3.05, 3.63) is 65.0 Å². The average Bonchev–Trinajstić information content (AvgIpc) is 3.06. The molecule has 0 saturated carbocycles. The molecule has 1 fully saturated rings. The normalized spacial score (nSPS) is 15.2. The summed E-state index contributed by atoms with van der Waals surface area (Å²) >= 11 is 0. The predicted octanol–water partition coefficient (Wildman–Crippen LogP) is 2.15. The van der Waals surface area contributed by atoms with Gasteiger partial charge in [0, 0.05) is 13.1 Å². The molecule has 2 aromatic rings. The van der Waals surface area contributed by atoms with Crippen molar-refractivity contribution in [3.8, 4) is 0 Å². The van der Waals surface area contributed by atoms with E-state index in [9.17, 15) is 22.4 Å².